The standard InChI is InChI=1S/C12H14O5/c1-6(13)17-9-4-7-3-8-5-16-12(15-2,10(8)9)11(7)14/h4,7-8,10H,3,5H2,1-2H3/t7-,8-,10+,12+/m0/s1. The number of Topliss-reactive ketones (excluding diaryl/α,β-unsaturated/α-hetero) is 1. The van der Waals surface area contributed by atoms with Gasteiger partial charge in [-0.15, -0.1) is 0 Å². The maximum atomic E-state index is 12.2. The molecule has 3 aliphatic carbocycles. The fourth-order valence-corrected chi connectivity index (χ4v) is 3.26. The molecular weight excluding hydrogens is 224 g/mol. The van der Waals surface area contributed by atoms with E-state index in [2.05, 4.69) is 0 Å². The highest BCUT2D eigenvalue weighted by Crippen LogP contribution is 2.54. The van der Waals surface area contributed by atoms with Gasteiger partial charge in [-0.3, -0.25) is 9.59 Å². The van der Waals surface area contributed by atoms with Crippen LogP contribution in [-0.2, 0) is 23.8 Å². The predicted octanol–water partition coefficient (Wildman–Crippen LogP) is 0.641. The quantitative estimate of drug-likeness (QED) is 0.661. The summed E-state index contributed by atoms with van der Waals surface area (Å²) in [6.45, 7) is 1.84. The predicted molar refractivity (Wildman–Crippen MR) is 55.6 cm³/mol. The molecule has 2 fully saturated rings. The van der Waals surface area contributed by atoms with Gasteiger partial charge in [-0.05, 0) is 18.4 Å². The minimum absolute atomic E-state index is 0.0466. The second-order valence-electron chi connectivity index (χ2n) is 4.79. The fourth-order valence-electron chi connectivity index (χ4n) is 3.26. The molecule has 5 nitrogen and oxygen atoms in total. The zero-order chi connectivity index (χ0) is 12.2. The lowest BCUT2D eigenvalue weighted by Crippen LogP contribution is -2.56. The molecular formula is C12H14O5. The molecule has 5 heteroatoms. The molecule has 4 atom stereocenters. The summed E-state index contributed by atoms with van der Waals surface area (Å²) in [6.07, 6.45) is 2.51. The van der Waals surface area contributed by atoms with Crippen molar-refractivity contribution in [1.82, 2.24) is 0 Å². The number of methoxy groups -OCH3 is 1. The van der Waals surface area contributed by atoms with Crippen molar-refractivity contribution in [3.63, 3.8) is 0 Å². The first-order valence-electron chi connectivity index (χ1n) is 5.72. The van der Waals surface area contributed by atoms with Crippen LogP contribution in [0.2, 0.25) is 0 Å². The van der Waals surface area contributed by atoms with Crippen molar-refractivity contribution in [2.24, 2.45) is 17.8 Å². The highest BCUT2D eigenvalue weighted by Gasteiger charge is 2.66. The van der Waals surface area contributed by atoms with Crippen molar-refractivity contribution < 1.29 is 23.8 Å². The van der Waals surface area contributed by atoms with Crippen molar-refractivity contribution in [2.45, 2.75) is 19.1 Å². The summed E-state index contributed by atoms with van der Waals surface area (Å²) >= 11 is 0. The minimum Gasteiger partial charge on any atom is -0.431 e. The molecule has 1 heterocycles. The first kappa shape index (κ1) is 10.9. The normalized spacial score (nSPS) is 42.6. The number of ether oxygens (including phenoxy) is 3. The summed E-state index contributed by atoms with van der Waals surface area (Å²) in [6, 6.07) is 0. The Bertz CT molecular complexity index is 427. The first-order chi connectivity index (χ1) is 8.08. The van der Waals surface area contributed by atoms with Gasteiger partial charge in [0.05, 0.1) is 12.5 Å². The lowest BCUT2D eigenvalue weighted by Gasteiger charge is -2.43. The molecule has 0 aromatic carbocycles. The number of rotatable bonds is 2. The number of carbonyl (C=O) groups excluding carboxylic acids is 2. The molecule has 0 unspecified atom stereocenters. The molecule has 4 aliphatic rings. The molecule has 0 aromatic rings. The maximum Gasteiger partial charge on any atom is 0.307 e. The molecule has 1 aliphatic heterocycles. The van der Waals surface area contributed by atoms with Gasteiger partial charge in [0.15, 0.2) is 5.78 Å². The Morgan fingerprint density at radius 3 is 3.00 bits per heavy atom. The highest BCUT2D eigenvalue weighted by atomic mass is 16.7. The average Bonchev–Trinajstić information content (AvgIpc) is 2.62. The lowest BCUT2D eigenvalue weighted by molar-refractivity contribution is -0.220. The molecule has 0 amide bonds. The topological polar surface area (TPSA) is 61.8 Å². The van der Waals surface area contributed by atoms with Crippen LogP contribution in [0.3, 0.4) is 0 Å². The molecule has 4 rings (SSSR count). The van der Waals surface area contributed by atoms with Gasteiger partial charge in [0.2, 0.25) is 5.79 Å². The Balaban J connectivity index is 2.04. The summed E-state index contributed by atoms with van der Waals surface area (Å²) in [7, 11) is 1.46. The van der Waals surface area contributed by atoms with Crippen LogP contribution in [-0.4, -0.2) is 31.3 Å². The Kier molecular flexibility index (Phi) is 2.18. The highest BCUT2D eigenvalue weighted by molar-refractivity contribution is 5.93. The van der Waals surface area contributed by atoms with E-state index in [1.54, 1.807) is 6.08 Å². The van der Waals surface area contributed by atoms with Gasteiger partial charge in [-0.25, -0.2) is 0 Å². The van der Waals surface area contributed by atoms with Gasteiger partial charge in [0.25, 0.3) is 0 Å². The first-order valence-corrected chi connectivity index (χ1v) is 5.72. The molecule has 1 saturated carbocycles. The van der Waals surface area contributed by atoms with Crippen LogP contribution in [0.4, 0.5) is 0 Å². The zero-order valence-electron chi connectivity index (χ0n) is 9.76. The molecule has 0 aromatic heterocycles. The van der Waals surface area contributed by atoms with Gasteiger partial charge in [0.1, 0.15) is 5.76 Å². The average molecular weight is 238 g/mol. The van der Waals surface area contributed by atoms with E-state index in [4.69, 9.17) is 14.2 Å². The Hall–Kier alpha value is -1.20. The summed E-state index contributed by atoms with van der Waals surface area (Å²) in [4.78, 5) is 23.3. The largest absolute Gasteiger partial charge is 0.431 e. The van der Waals surface area contributed by atoms with E-state index in [0.29, 0.717) is 12.4 Å². The summed E-state index contributed by atoms with van der Waals surface area (Å²) < 4.78 is 16.1. The van der Waals surface area contributed by atoms with E-state index in [1.165, 1.54) is 14.0 Å². The second-order valence-corrected chi connectivity index (χ2v) is 4.79. The third kappa shape index (κ3) is 1.26. The van der Waals surface area contributed by atoms with Crippen LogP contribution < -0.4 is 0 Å². The van der Waals surface area contributed by atoms with Crippen molar-refractivity contribution in [3.8, 4) is 0 Å². The molecule has 4 bridgehead atoms. The smallest absolute Gasteiger partial charge is 0.307 e. The monoisotopic (exact) mass is 238 g/mol. The third-order valence-electron chi connectivity index (χ3n) is 3.87. The van der Waals surface area contributed by atoms with E-state index >= 15 is 0 Å². The van der Waals surface area contributed by atoms with Crippen LogP contribution in [0.25, 0.3) is 0 Å². The van der Waals surface area contributed by atoms with E-state index in [1.807, 2.05) is 0 Å². The van der Waals surface area contributed by atoms with Crippen LogP contribution in [0, 0.1) is 17.8 Å². The SMILES string of the molecule is CO[C@@]12OC[C@@H]3C[C@@H](C=C(OC(C)=O)[C@@H]31)C2=O. The van der Waals surface area contributed by atoms with Crippen LogP contribution >= 0.6 is 0 Å². The van der Waals surface area contributed by atoms with Crippen molar-refractivity contribution >= 4 is 11.8 Å². The second kappa shape index (κ2) is 3.40. The van der Waals surface area contributed by atoms with Crippen molar-refractivity contribution in [2.75, 3.05) is 13.7 Å². The van der Waals surface area contributed by atoms with E-state index in [9.17, 15) is 9.59 Å². The van der Waals surface area contributed by atoms with Gasteiger partial charge in [-0.2, -0.15) is 0 Å². The number of ketones is 1. The Morgan fingerprint density at radius 1 is 1.59 bits per heavy atom. The summed E-state index contributed by atoms with van der Waals surface area (Å²) in [5.41, 5.74) is 0. The molecule has 0 radical (unpaired) electrons. The molecule has 92 valence electrons. The van der Waals surface area contributed by atoms with Gasteiger partial charge in [0, 0.05) is 20.0 Å². The van der Waals surface area contributed by atoms with Gasteiger partial charge >= 0.3 is 5.97 Å². The lowest BCUT2D eigenvalue weighted by atomic mass is 9.65. The maximum absolute atomic E-state index is 12.2. The molecule has 17 heavy (non-hydrogen) atoms. The number of esters is 1. The van der Waals surface area contributed by atoms with Crippen LogP contribution in [0.1, 0.15) is 13.3 Å². The van der Waals surface area contributed by atoms with Crippen LogP contribution in [0.5, 0.6) is 0 Å². The van der Waals surface area contributed by atoms with E-state index in [-0.39, 0.29) is 29.5 Å². The number of hydrogen-bond acceptors (Lipinski definition) is 5. The molecule has 0 N–H and O–H groups in total. The zero-order valence-corrected chi connectivity index (χ0v) is 9.76. The number of hydrogen-bond donors (Lipinski definition) is 0. The fraction of sp³-hybridized carbons (Fsp3) is 0.667. The number of allylic oxidation sites excluding steroid dienone is 1. The Morgan fingerprint density at radius 2 is 2.35 bits per heavy atom. The third-order valence-corrected chi connectivity index (χ3v) is 3.87. The number of carbonyl (C=O) groups is 2. The summed E-state index contributed by atoms with van der Waals surface area (Å²) in [5.74, 6) is -1.41. The van der Waals surface area contributed by atoms with Crippen molar-refractivity contribution in [3.05, 3.63) is 11.8 Å². The van der Waals surface area contributed by atoms with Gasteiger partial charge < -0.3 is 14.2 Å². The van der Waals surface area contributed by atoms with E-state index in [0.717, 1.165) is 6.42 Å². The minimum atomic E-state index is -1.22. The van der Waals surface area contributed by atoms with Crippen molar-refractivity contribution in [1.29, 1.82) is 0 Å². The summed E-state index contributed by atoms with van der Waals surface area (Å²) in [5, 5.41) is 0. The Labute approximate surface area is 98.7 Å². The van der Waals surface area contributed by atoms with Gasteiger partial charge in [-0.1, -0.05) is 0 Å². The van der Waals surface area contributed by atoms with E-state index < -0.39 is 5.79 Å². The van der Waals surface area contributed by atoms with Crippen LogP contribution in [0.15, 0.2) is 11.8 Å². The molecule has 1 saturated heterocycles. The molecule has 0 spiro atoms.